The summed E-state index contributed by atoms with van der Waals surface area (Å²) >= 11 is 5.06. The van der Waals surface area contributed by atoms with E-state index in [4.69, 9.17) is 15.2 Å². The Morgan fingerprint density at radius 1 is 1.24 bits per heavy atom. The summed E-state index contributed by atoms with van der Waals surface area (Å²) in [5.74, 6) is 1.66. The maximum absolute atomic E-state index is 5.88. The number of halogens is 1. The lowest BCUT2D eigenvalue weighted by molar-refractivity contribution is 0.355. The molecule has 5 nitrogen and oxygen atoms in total. The van der Waals surface area contributed by atoms with Crippen LogP contribution in [0.2, 0.25) is 0 Å². The molecule has 0 saturated carbocycles. The molecule has 2 rings (SSSR count). The number of aliphatic imine (C=N–C) groups is 1. The molecule has 1 aromatic heterocycles. The van der Waals surface area contributed by atoms with Gasteiger partial charge in [0.1, 0.15) is 0 Å². The third-order valence-electron chi connectivity index (χ3n) is 2.69. The molecule has 0 spiro atoms. The van der Waals surface area contributed by atoms with E-state index < -0.39 is 0 Å². The molecule has 1 aromatic carbocycles. The van der Waals surface area contributed by atoms with Crippen molar-refractivity contribution in [2.75, 3.05) is 19.5 Å². The predicted octanol–water partition coefficient (Wildman–Crippen LogP) is 3.45. The monoisotopic (exact) mass is 369 g/mol. The molecule has 0 saturated heterocycles. The smallest absolute Gasteiger partial charge is 0.193 e. The highest BCUT2D eigenvalue weighted by Gasteiger charge is 2.05. The van der Waals surface area contributed by atoms with Crippen molar-refractivity contribution in [2.24, 2.45) is 10.7 Å². The molecule has 0 bridgehead atoms. The van der Waals surface area contributed by atoms with Gasteiger partial charge in [-0.1, -0.05) is 0 Å². The van der Waals surface area contributed by atoms with Crippen molar-refractivity contribution in [1.82, 2.24) is 0 Å². The third kappa shape index (κ3) is 4.37. The lowest BCUT2D eigenvalue weighted by atomic mass is 10.3. The number of guanidine groups is 1. The van der Waals surface area contributed by atoms with E-state index in [1.54, 1.807) is 25.6 Å². The minimum Gasteiger partial charge on any atom is -0.493 e. The van der Waals surface area contributed by atoms with Crippen LogP contribution in [0, 0.1) is 0 Å². The van der Waals surface area contributed by atoms with E-state index in [1.807, 2.05) is 30.3 Å². The molecule has 0 aliphatic heterocycles. The number of anilines is 1. The molecule has 7 heteroatoms. The maximum Gasteiger partial charge on any atom is 0.193 e. The zero-order valence-electron chi connectivity index (χ0n) is 11.7. The molecule has 2 aromatic rings. The molecule has 0 atom stereocenters. The van der Waals surface area contributed by atoms with Gasteiger partial charge < -0.3 is 20.5 Å². The number of nitrogens with one attached hydrogen (secondary N) is 1. The number of thiophene rings is 1. The van der Waals surface area contributed by atoms with Crippen molar-refractivity contribution in [3.8, 4) is 11.5 Å². The van der Waals surface area contributed by atoms with Crippen molar-refractivity contribution < 1.29 is 9.47 Å². The van der Waals surface area contributed by atoms with E-state index in [2.05, 4.69) is 26.2 Å². The van der Waals surface area contributed by atoms with Crippen LogP contribution in [0.15, 0.2) is 39.1 Å². The van der Waals surface area contributed by atoms with Gasteiger partial charge in [-0.2, -0.15) is 0 Å². The van der Waals surface area contributed by atoms with E-state index in [9.17, 15) is 0 Å². The van der Waals surface area contributed by atoms with Crippen LogP contribution < -0.4 is 20.5 Å². The highest BCUT2D eigenvalue weighted by atomic mass is 79.9. The average Bonchev–Trinajstić information content (AvgIpc) is 2.90. The SMILES string of the molecule is COc1ccc(NC(N)=NCc2ccc(Br)s2)cc1OC. The van der Waals surface area contributed by atoms with Crippen molar-refractivity contribution in [1.29, 1.82) is 0 Å². The summed E-state index contributed by atoms with van der Waals surface area (Å²) in [5, 5.41) is 3.03. The molecule has 1 heterocycles. The molecule has 0 unspecified atom stereocenters. The van der Waals surface area contributed by atoms with E-state index >= 15 is 0 Å². The van der Waals surface area contributed by atoms with Crippen LogP contribution in [0.5, 0.6) is 11.5 Å². The second-order valence-electron chi connectivity index (χ2n) is 4.10. The minimum atomic E-state index is 0.353. The molecule has 0 aliphatic carbocycles. The van der Waals surface area contributed by atoms with Crippen LogP contribution in [0.4, 0.5) is 5.69 Å². The van der Waals surface area contributed by atoms with Gasteiger partial charge in [-0.05, 0) is 40.2 Å². The second-order valence-corrected chi connectivity index (χ2v) is 6.65. The second kappa shape index (κ2) is 7.33. The van der Waals surface area contributed by atoms with Crippen LogP contribution in [0.25, 0.3) is 0 Å². The number of rotatable bonds is 5. The van der Waals surface area contributed by atoms with Crippen LogP contribution >= 0.6 is 27.3 Å². The summed E-state index contributed by atoms with van der Waals surface area (Å²) in [4.78, 5) is 5.44. The Labute approximate surface area is 135 Å². The van der Waals surface area contributed by atoms with Gasteiger partial charge in [-0.3, -0.25) is 0 Å². The summed E-state index contributed by atoms with van der Waals surface area (Å²) in [6.45, 7) is 0.544. The summed E-state index contributed by atoms with van der Waals surface area (Å²) in [6.07, 6.45) is 0. The van der Waals surface area contributed by atoms with Crippen LogP contribution in [0.3, 0.4) is 0 Å². The highest BCUT2D eigenvalue weighted by Crippen LogP contribution is 2.29. The van der Waals surface area contributed by atoms with Crippen LogP contribution in [-0.2, 0) is 6.54 Å². The molecule has 0 amide bonds. The van der Waals surface area contributed by atoms with Crippen molar-refractivity contribution >= 4 is 38.9 Å². The normalized spacial score (nSPS) is 11.3. The number of hydrogen-bond donors (Lipinski definition) is 2. The number of benzene rings is 1. The Hall–Kier alpha value is -1.73. The summed E-state index contributed by atoms with van der Waals surface area (Å²) in [7, 11) is 3.19. The fourth-order valence-electron chi connectivity index (χ4n) is 1.70. The summed E-state index contributed by atoms with van der Waals surface area (Å²) < 4.78 is 11.5. The summed E-state index contributed by atoms with van der Waals surface area (Å²) in [6, 6.07) is 9.48. The van der Waals surface area contributed by atoms with E-state index in [1.165, 1.54) is 0 Å². The molecule has 112 valence electrons. The fourth-order valence-corrected chi connectivity index (χ4v) is 3.11. The molecular formula is C14H16BrN3O2S. The Balaban J connectivity index is 2.03. The zero-order chi connectivity index (χ0) is 15.2. The minimum absolute atomic E-state index is 0.353. The highest BCUT2D eigenvalue weighted by molar-refractivity contribution is 9.11. The number of ether oxygens (including phenoxy) is 2. The lowest BCUT2D eigenvalue weighted by Gasteiger charge is -2.10. The standard InChI is InChI=1S/C14H16BrN3O2S/c1-19-11-5-3-9(7-12(11)20-2)18-14(16)17-8-10-4-6-13(15)21-10/h3-7H,8H2,1-2H3,(H3,16,17,18). The first-order valence-electron chi connectivity index (χ1n) is 6.15. The van der Waals surface area contributed by atoms with E-state index in [-0.39, 0.29) is 0 Å². The first-order valence-corrected chi connectivity index (χ1v) is 7.76. The Morgan fingerprint density at radius 2 is 2.00 bits per heavy atom. The predicted molar refractivity (Wildman–Crippen MR) is 90.5 cm³/mol. The average molecular weight is 370 g/mol. The van der Waals surface area contributed by atoms with Crippen LogP contribution in [-0.4, -0.2) is 20.2 Å². The molecule has 21 heavy (non-hydrogen) atoms. The van der Waals surface area contributed by atoms with E-state index in [0.717, 1.165) is 14.4 Å². The Bertz CT molecular complexity index is 643. The van der Waals surface area contributed by atoms with E-state index in [0.29, 0.717) is 24.0 Å². The summed E-state index contributed by atoms with van der Waals surface area (Å²) in [5.41, 5.74) is 6.68. The fraction of sp³-hybridized carbons (Fsp3) is 0.214. The Kier molecular flexibility index (Phi) is 5.46. The van der Waals surface area contributed by atoms with Gasteiger partial charge in [-0.15, -0.1) is 11.3 Å². The van der Waals surface area contributed by atoms with Crippen LogP contribution in [0.1, 0.15) is 4.88 Å². The maximum atomic E-state index is 5.88. The third-order valence-corrected chi connectivity index (χ3v) is 4.30. The number of nitrogens with zero attached hydrogens (tertiary/aromatic N) is 1. The topological polar surface area (TPSA) is 68.9 Å². The van der Waals surface area contributed by atoms with Gasteiger partial charge in [0, 0.05) is 16.6 Å². The Morgan fingerprint density at radius 3 is 2.62 bits per heavy atom. The van der Waals surface area contributed by atoms with Crippen molar-refractivity contribution in [3.05, 3.63) is 39.0 Å². The molecule has 3 N–H and O–H groups in total. The van der Waals surface area contributed by atoms with Gasteiger partial charge >= 0.3 is 0 Å². The molecule has 0 aliphatic rings. The first-order chi connectivity index (χ1) is 10.1. The van der Waals surface area contributed by atoms with Gasteiger partial charge in [0.2, 0.25) is 0 Å². The quantitative estimate of drug-likeness (QED) is 0.625. The van der Waals surface area contributed by atoms with Gasteiger partial charge in [0.05, 0.1) is 24.6 Å². The van der Waals surface area contributed by atoms with Gasteiger partial charge in [0.15, 0.2) is 17.5 Å². The molecule has 0 fully saturated rings. The van der Waals surface area contributed by atoms with Crippen molar-refractivity contribution in [2.45, 2.75) is 6.54 Å². The zero-order valence-corrected chi connectivity index (χ0v) is 14.1. The lowest BCUT2D eigenvalue weighted by Crippen LogP contribution is -2.22. The molecule has 0 radical (unpaired) electrons. The van der Waals surface area contributed by atoms with Gasteiger partial charge in [-0.25, -0.2) is 4.99 Å². The van der Waals surface area contributed by atoms with Gasteiger partial charge in [0.25, 0.3) is 0 Å². The molecular weight excluding hydrogens is 354 g/mol. The largest absolute Gasteiger partial charge is 0.493 e. The number of hydrogen-bond acceptors (Lipinski definition) is 4. The number of nitrogens with two attached hydrogens (primary N) is 1. The number of methoxy groups -OCH3 is 2. The van der Waals surface area contributed by atoms with Crippen molar-refractivity contribution in [3.63, 3.8) is 0 Å². The first kappa shape index (κ1) is 15.7.